The second-order valence-electron chi connectivity index (χ2n) is 7.06. The third-order valence-electron chi connectivity index (χ3n) is 3.50. The van der Waals surface area contributed by atoms with Crippen molar-refractivity contribution in [1.29, 1.82) is 0 Å². The molecule has 0 radical (unpaired) electrons. The Morgan fingerprint density at radius 3 is 2.27 bits per heavy atom. The van der Waals surface area contributed by atoms with Crippen molar-refractivity contribution in [3.05, 3.63) is 0 Å². The summed E-state index contributed by atoms with van der Waals surface area (Å²) in [5.41, 5.74) is -0.178. The summed E-state index contributed by atoms with van der Waals surface area (Å²) in [5, 5.41) is 17.4. The van der Waals surface area contributed by atoms with Crippen LogP contribution < -0.4 is 16.0 Å². The molecule has 1 aliphatic heterocycles. The average Bonchev–Trinajstić information content (AvgIpc) is 2.34. The van der Waals surface area contributed by atoms with Crippen LogP contribution in [0.1, 0.15) is 40.5 Å². The van der Waals surface area contributed by atoms with E-state index >= 15 is 0 Å². The van der Waals surface area contributed by atoms with Crippen molar-refractivity contribution in [3.63, 3.8) is 0 Å². The van der Waals surface area contributed by atoms with E-state index in [1.165, 1.54) is 0 Å². The molecule has 1 heterocycles. The Bertz CT molecular complexity index is 380. The van der Waals surface area contributed by atoms with Crippen LogP contribution in [0.4, 0.5) is 0 Å². The zero-order valence-corrected chi connectivity index (χ0v) is 14.0. The maximum atomic E-state index is 11.9. The maximum Gasteiger partial charge on any atom is 0.309 e. The van der Waals surface area contributed by atoms with Gasteiger partial charge in [0.25, 0.3) is 0 Å². The number of ether oxygens (including phenoxy) is 1. The van der Waals surface area contributed by atoms with Crippen LogP contribution in [0.15, 0.2) is 0 Å². The van der Waals surface area contributed by atoms with Gasteiger partial charge in [0.05, 0.1) is 19.8 Å². The lowest BCUT2D eigenvalue weighted by Gasteiger charge is -2.46. The summed E-state index contributed by atoms with van der Waals surface area (Å²) in [4.78, 5) is 23.7. The first kappa shape index (κ1) is 18.9. The number of amides is 2. The van der Waals surface area contributed by atoms with E-state index in [1.54, 1.807) is 0 Å². The molecule has 0 unspecified atom stereocenters. The predicted octanol–water partition coefficient (Wildman–Crippen LogP) is -0.463. The molecule has 4 N–H and O–H groups in total. The van der Waals surface area contributed by atoms with Crippen molar-refractivity contribution in [3.8, 4) is 0 Å². The fourth-order valence-corrected chi connectivity index (χ4v) is 3.16. The number of piperidine rings is 1. The summed E-state index contributed by atoms with van der Waals surface area (Å²) in [6, 6.07) is -0.0323. The molecule has 0 spiro atoms. The molecule has 7 heteroatoms. The van der Waals surface area contributed by atoms with Crippen LogP contribution in [-0.4, -0.2) is 60.4 Å². The lowest BCUT2D eigenvalue weighted by Crippen LogP contribution is -2.62. The van der Waals surface area contributed by atoms with Crippen LogP contribution in [0.5, 0.6) is 0 Å². The van der Waals surface area contributed by atoms with E-state index < -0.39 is 11.8 Å². The number of hydrogen-bond acceptors (Lipinski definition) is 5. The third kappa shape index (κ3) is 6.72. The largest absolute Gasteiger partial charge is 0.394 e. The topological polar surface area (TPSA) is 99.7 Å². The van der Waals surface area contributed by atoms with E-state index in [2.05, 4.69) is 43.6 Å². The van der Waals surface area contributed by atoms with Gasteiger partial charge in [-0.15, -0.1) is 0 Å². The van der Waals surface area contributed by atoms with Gasteiger partial charge in [-0.3, -0.25) is 9.59 Å². The zero-order valence-electron chi connectivity index (χ0n) is 14.0. The summed E-state index contributed by atoms with van der Waals surface area (Å²) >= 11 is 0. The fraction of sp³-hybridized carbons (Fsp3) is 0.867. The van der Waals surface area contributed by atoms with Crippen molar-refractivity contribution in [2.24, 2.45) is 0 Å². The van der Waals surface area contributed by atoms with Gasteiger partial charge >= 0.3 is 11.8 Å². The normalized spacial score (nSPS) is 20.4. The molecule has 128 valence electrons. The Kier molecular flexibility index (Phi) is 6.77. The van der Waals surface area contributed by atoms with Gasteiger partial charge in [0, 0.05) is 23.7 Å². The molecular weight excluding hydrogens is 286 g/mol. The first-order chi connectivity index (χ1) is 10.2. The molecule has 2 amide bonds. The van der Waals surface area contributed by atoms with Crippen LogP contribution in [0.3, 0.4) is 0 Å². The van der Waals surface area contributed by atoms with Gasteiger partial charge in [-0.25, -0.2) is 0 Å². The Morgan fingerprint density at radius 2 is 1.73 bits per heavy atom. The van der Waals surface area contributed by atoms with Crippen LogP contribution in [-0.2, 0) is 14.3 Å². The Morgan fingerprint density at radius 1 is 1.14 bits per heavy atom. The molecule has 1 fully saturated rings. The smallest absolute Gasteiger partial charge is 0.309 e. The Hall–Kier alpha value is -1.18. The minimum atomic E-state index is -0.651. The molecule has 1 aliphatic rings. The summed E-state index contributed by atoms with van der Waals surface area (Å²) < 4.78 is 5.01. The zero-order chi connectivity index (χ0) is 16.8. The second kappa shape index (κ2) is 7.89. The molecule has 0 saturated carbocycles. The molecule has 7 nitrogen and oxygen atoms in total. The molecular formula is C15H29N3O4. The van der Waals surface area contributed by atoms with Gasteiger partial charge in [0.1, 0.15) is 0 Å². The highest BCUT2D eigenvalue weighted by atomic mass is 16.5. The van der Waals surface area contributed by atoms with E-state index in [-0.39, 0.29) is 43.5 Å². The molecule has 0 aliphatic carbocycles. The van der Waals surface area contributed by atoms with E-state index in [9.17, 15) is 9.59 Å². The van der Waals surface area contributed by atoms with Crippen molar-refractivity contribution >= 4 is 11.8 Å². The van der Waals surface area contributed by atoms with E-state index in [1.807, 2.05) is 0 Å². The number of aliphatic hydroxyl groups is 1. The summed E-state index contributed by atoms with van der Waals surface area (Å²) in [6.07, 6.45) is 1.55. The monoisotopic (exact) mass is 315 g/mol. The minimum absolute atomic E-state index is 0.0323. The molecule has 1 rings (SSSR count). The van der Waals surface area contributed by atoms with Crippen molar-refractivity contribution in [2.75, 3.05) is 26.4 Å². The average molecular weight is 315 g/mol. The molecule has 0 atom stereocenters. The lowest BCUT2D eigenvalue weighted by atomic mass is 9.79. The number of nitrogens with one attached hydrogen (secondary N) is 3. The molecule has 1 saturated heterocycles. The van der Waals surface area contributed by atoms with Gasteiger partial charge in [-0.05, 0) is 40.5 Å². The fourth-order valence-electron chi connectivity index (χ4n) is 3.16. The van der Waals surface area contributed by atoms with Crippen LogP contribution in [0.25, 0.3) is 0 Å². The van der Waals surface area contributed by atoms with Gasteiger partial charge in [0.15, 0.2) is 0 Å². The Labute approximate surface area is 132 Å². The van der Waals surface area contributed by atoms with Crippen molar-refractivity contribution < 1.29 is 19.4 Å². The molecule has 0 aromatic carbocycles. The van der Waals surface area contributed by atoms with E-state index in [4.69, 9.17) is 9.84 Å². The number of aliphatic hydroxyl groups excluding tert-OH is 1. The highest BCUT2D eigenvalue weighted by Crippen LogP contribution is 2.28. The highest BCUT2D eigenvalue weighted by Gasteiger charge is 2.38. The highest BCUT2D eigenvalue weighted by molar-refractivity contribution is 6.35. The Balaban J connectivity index is 2.38. The number of rotatable bonds is 6. The third-order valence-corrected chi connectivity index (χ3v) is 3.50. The van der Waals surface area contributed by atoms with Crippen LogP contribution in [0.2, 0.25) is 0 Å². The second-order valence-corrected chi connectivity index (χ2v) is 7.06. The van der Waals surface area contributed by atoms with Gasteiger partial charge in [-0.1, -0.05) is 0 Å². The molecule has 0 bridgehead atoms. The van der Waals surface area contributed by atoms with Gasteiger partial charge in [-0.2, -0.15) is 0 Å². The van der Waals surface area contributed by atoms with Crippen molar-refractivity contribution in [1.82, 2.24) is 16.0 Å². The molecule has 0 aromatic heterocycles. The summed E-state index contributed by atoms with van der Waals surface area (Å²) in [5.74, 6) is -1.26. The maximum absolute atomic E-state index is 11.9. The van der Waals surface area contributed by atoms with Crippen molar-refractivity contribution in [2.45, 2.75) is 57.7 Å². The standard InChI is InChI=1S/C15H29N3O4/c1-14(2)9-11(10-15(3,4)18-14)17-13(21)12(20)16-5-7-22-8-6-19/h11,18-19H,5-10H2,1-4H3,(H,16,20)(H,17,21). The molecule has 22 heavy (non-hydrogen) atoms. The van der Waals surface area contributed by atoms with Gasteiger partial charge in [0.2, 0.25) is 0 Å². The summed E-state index contributed by atoms with van der Waals surface area (Å²) in [6.45, 7) is 9.04. The summed E-state index contributed by atoms with van der Waals surface area (Å²) in [7, 11) is 0. The van der Waals surface area contributed by atoms with Crippen LogP contribution >= 0.6 is 0 Å². The number of carbonyl (C=O) groups is 2. The SMILES string of the molecule is CC1(C)CC(NC(=O)C(=O)NCCOCCO)CC(C)(C)N1. The van der Waals surface area contributed by atoms with E-state index in [0.29, 0.717) is 0 Å². The number of carbonyl (C=O) groups excluding carboxylic acids is 2. The predicted molar refractivity (Wildman–Crippen MR) is 83.4 cm³/mol. The van der Waals surface area contributed by atoms with Crippen LogP contribution in [0, 0.1) is 0 Å². The number of hydrogen-bond donors (Lipinski definition) is 4. The minimum Gasteiger partial charge on any atom is -0.394 e. The molecule has 0 aromatic rings. The quantitative estimate of drug-likeness (QED) is 0.392. The van der Waals surface area contributed by atoms with Gasteiger partial charge < -0.3 is 25.8 Å². The lowest BCUT2D eigenvalue weighted by molar-refractivity contribution is -0.140. The van der Waals surface area contributed by atoms with E-state index in [0.717, 1.165) is 12.8 Å². The first-order valence-corrected chi connectivity index (χ1v) is 7.72. The first-order valence-electron chi connectivity index (χ1n) is 7.72.